The molecule has 2 rings (SSSR count). The molecule has 5 nitrogen and oxygen atoms in total. The van der Waals surface area contributed by atoms with Gasteiger partial charge in [-0.25, -0.2) is 0 Å². The molecule has 2 aromatic rings. The number of rotatable bonds is 5. The summed E-state index contributed by atoms with van der Waals surface area (Å²) in [7, 11) is 0. The quantitative estimate of drug-likeness (QED) is 0.860. The molecule has 0 aliphatic rings. The summed E-state index contributed by atoms with van der Waals surface area (Å²) in [6.07, 6.45) is 0.706. The van der Waals surface area contributed by atoms with Crippen LogP contribution in [-0.2, 0) is 11.2 Å². The van der Waals surface area contributed by atoms with E-state index in [0.717, 1.165) is 11.1 Å². The molecule has 0 spiro atoms. The summed E-state index contributed by atoms with van der Waals surface area (Å²) >= 11 is 6.15. The first-order chi connectivity index (χ1) is 11.8. The van der Waals surface area contributed by atoms with E-state index in [9.17, 15) is 9.59 Å². The lowest BCUT2D eigenvalue weighted by Gasteiger charge is -2.16. The minimum Gasteiger partial charge on any atom is -0.350 e. The summed E-state index contributed by atoms with van der Waals surface area (Å²) in [5, 5.41) is 12.6. The number of amides is 1. The molecule has 0 saturated carbocycles. The van der Waals surface area contributed by atoms with Crippen molar-refractivity contribution in [2.45, 2.75) is 39.7 Å². The van der Waals surface area contributed by atoms with Crippen molar-refractivity contribution in [1.82, 2.24) is 10.3 Å². The normalized spacial score (nSPS) is 11.6. The van der Waals surface area contributed by atoms with E-state index in [1.165, 1.54) is 0 Å². The topological polar surface area (TPSA) is 85.8 Å². The molecule has 6 heteroatoms. The fraction of sp³-hybridized carbons (Fsp3) is 0.316. The number of carbonyl (C=O) groups is 1. The SMILES string of the molecule is Cc1[nH]c(=O)c(C#N)c(C)c1CCC(=O)NC(C)c1ccccc1Cl. The Morgan fingerprint density at radius 1 is 1.36 bits per heavy atom. The van der Waals surface area contributed by atoms with Crippen molar-refractivity contribution < 1.29 is 4.79 Å². The van der Waals surface area contributed by atoms with Crippen LogP contribution < -0.4 is 10.9 Å². The molecule has 1 heterocycles. The van der Waals surface area contributed by atoms with Crippen molar-refractivity contribution in [3.8, 4) is 6.07 Å². The van der Waals surface area contributed by atoms with Gasteiger partial charge in [-0.05, 0) is 49.9 Å². The van der Waals surface area contributed by atoms with E-state index in [4.69, 9.17) is 16.9 Å². The standard InChI is InChI=1S/C19H20ClN3O2/c1-11-14(12(2)23-19(25)16(11)10-21)8-9-18(24)22-13(3)15-6-4-5-7-17(15)20/h4-7,13H,8-9H2,1-3H3,(H,22,24)(H,23,25). The van der Waals surface area contributed by atoms with E-state index >= 15 is 0 Å². The zero-order valence-corrected chi connectivity index (χ0v) is 15.2. The van der Waals surface area contributed by atoms with Crippen molar-refractivity contribution in [1.29, 1.82) is 5.26 Å². The fourth-order valence-electron chi connectivity index (χ4n) is 2.88. The summed E-state index contributed by atoms with van der Waals surface area (Å²) in [4.78, 5) is 26.7. The number of nitrogens with zero attached hydrogens (tertiary/aromatic N) is 1. The number of hydrogen-bond acceptors (Lipinski definition) is 3. The third kappa shape index (κ3) is 4.28. The Hall–Kier alpha value is -2.58. The number of carbonyl (C=O) groups excluding carboxylic acids is 1. The van der Waals surface area contributed by atoms with Gasteiger partial charge < -0.3 is 10.3 Å². The molecule has 1 unspecified atom stereocenters. The lowest BCUT2D eigenvalue weighted by atomic mass is 9.99. The minimum atomic E-state index is -0.391. The van der Waals surface area contributed by atoms with Gasteiger partial charge >= 0.3 is 0 Å². The molecular weight excluding hydrogens is 338 g/mol. The van der Waals surface area contributed by atoms with Crippen LogP contribution in [0.3, 0.4) is 0 Å². The maximum atomic E-state index is 12.3. The predicted molar refractivity (Wildman–Crippen MR) is 97.6 cm³/mol. The Bertz CT molecular complexity index is 897. The summed E-state index contributed by atoms with van der Waals surface area (Å²) in [6.45, 7) is 5.39. The second-order valence-corrected chi connectivity index (χ2v) is 6.39. The number of halogens is 1. The number of aromatic amines is 1. The summed E-state index contributed by atoms with van der Waals surface area (Å²) < 4.78 is 0. The number of aryl methyl sites for hydroxylation is 1. The maximum absolute atomic E-state index is 12.3. The van der Waals surface area contributed by atoms with Gasteiger partial charge in [0.1, 0.15) is 11.6 Å². The van der Waals surface area contributed by atoms with Gasteiger partial charge in [-0.15, -0.1) is 0 Å². The molecule has 1 aromatic heterocycles. The van der Waals surface area contributed by atoms with Crippen LogP contribution in [0.25, 0.3) is 0 Å². The van der Waals surface area contributed by atoms with Crippen LogP contribution in [-0.4, -0.2) is 10.9 Å². The second kappa shape index (κ2) is 8.00. The third-order valence-corrected chi connectivity index (χ3v) is 4.62. The van der Waals surface area contributed by atoms with Crippen molar-refractivity contribution >= 4 is 17.5 Å². The zero-order chi connectivity index (χ0) is 18.6. The lowest BCUT2D eigenvalue weighted by Crippen LogP contribution is -2.27. The minimum absolute atomic E-state index is 0.102. The number of nitrogens with one attached hydrogen (secondary N) is 2. The van der Waals surface area contributed by atoms with Gasteiger partial charge in [0.05, 0.1) is 6.04 Å². The zero-order valence-electron chi connectivity index (χ0n) is 14.4. The first kappa shape index (κ1) is 18.8. The monoisotopic (exact) mass is 357 g/mol. The van der Waals surface area contributed by atoms with Crippen LogP contribution in [0, 0.1) is 25.2 Å². The van der Waals surface area contributed by atoms with Crippen LogP contribution in [0.15, 0.2) is 29.1 Å². The molecule has 25 heavy (non-hydrogen) atoms. The molecule has 0 fully saturated rings. The maximum Gasteiger partial charge on any atom is 0.266 e. The largest absolute Gasteiger partial charge is 0.350 e. The van der Waals surface area contributed by atoms with Crippen molar-refractivity contribution in [3.05, 3.63) is 67.6 Å². The molecule has 0 saturated heterocycles. The van der Waals surface area contributed by atoms with Gasteiger partial charge in [0.15, 0.2) is 0 Å². The first-order valence-corrected chi connectivity index (χ1v) is 8.39. The number of pyridine rings is 1. The number of hydrogen-bond donors (Lipinski definition) is 2. The molecule has 1 aromatic carbocycles. The van der Waals surface area contributed by atoms with E-state index in [1.54, 1.807) is 19.9 Å². The highest BCUT2D eigenvalue weighted by Crippen LogP contribution is 2.22. The molecule has 2 N–H and O–H groups in total. The van der Waals surface area contributed by atoms with Gasteiger partial charge in [-0.3, -0.25) is 9.59 Å². The first-order valence-electron chi connectivity index (χ1n) is 8.01. The van der Waals surface area contributed by atoms with Crippen LogP contribution in [0.4, 0.5) is 0 Å². The van der Waals surface area contributed by atoms with Crippen molar-refractivity contribution in [2.24, 2.45) is 0 Å². The second-order valence-electron chi connectivity index (χ2n) is 5.98. The van der Waals surface area contributed by atoms with E-state index < -0.39 is 5.56 Å². The lowest BCUT2D eigenvalue weighted by molar-refractivity contribution is -0.121. The molecule has 1 atom stereocenters. The van der Waals surface area contributed by atoms with E-state index in [-0.39, 0.29) is 23.9 Å². The van der Waals surface area contributed by atoms with Gasteiger partial charge in [-0.2, -0.15) is 5.26 Å². The molecule has 1 amide bonds. The van der Waals surface area contributed by atoms with Crippen LogP contribution >= 0.6 is 11.6 Å². The summed E-state index contributed by atoms with van der Waals surface area (Å²) in [6, 6.07) is 9.10. The number of benzene rings is 1. The number of H-pyrrole nitrogens is 1. The molecular formula is C19H20ClN3O2. The van der Waals surface area contributed by atoms with Crippen LogP contribution in [0.2, 0.25) is 5.02 Å². The third-order valence-electron chi connectivity index (χ3n) is 4.27. The average molecular weight is 358 g/mol. The molecule has 0 radical (unpaired) electrons. The van der Waals surface area contributed by atoms with Gasteiger partial charge in [0, 0.05) is 17.1 Å². The molecule has 0 bridgehead atoms. The Balaban J connectivity index is 2.07. The highest BCUT2D eigenvalue weighted by Gasteiger charge is 2.15. The number of aromatic nitrogens is 1. The fourth-order valence-corrected chi connectivity index (χ4v) is 3.18. The van der Waals surface area contributed by atoms with Crippen LogP contribution in [0.5, 0.6) is 0 Å². The van der Waals surface area contributed by atoms with E-state index in [2.05, 4.69) is 10.3 Å². The Morgan fingerprint density at radius 3 is 2.68 bits per heavy atom. The van der Waals surface area contributed by atoms with E-state index in [0.29, 0.717) is 22.7 Å². The van der Waals surface area contributed by atoms with Gasteiger partial charge in [0.25, 0.3) is 5.56 Å². The predicted octanol–water partition coefficient (Wildman–Crippen LogP) is 3.33. The van der Waals surface area contributed by atoms with Gasteiger partial charge in [-0.1, -0.05) is 29.8 Å². The Morgan fingerprint density at radius 2 is 2.04 bits per heavy atom. The van der Waals surface area contributed by atoms with E-state index in [1.807, 2.05) is 31.2 Å². The summed E-state index contributed by atoms with van der Waals surface area (Å²) in [5.41, 5.74) is 2.73. The molecule has 0 aliphatic heterocycles. The highest BCUT2D eigenvalue weighted by atomic mass is 35.5. The van der Waals surface area contributed by atoms with Crippen molar-refractivity contribution in [2.75, 3.05) is 0 Å². The summed E-state index contributed by atoms with van der Waals surface area (Å²) in [5.74, 6) is -0.115. The van der Waals surface area contributed by atoms with Gasteiger partial charge in [0.2, 0.25) is 5.91 Å². The Kier molecular flexibility index (Phi) is 6.00. The van der Waals surface area contributed by atoms with Crippen molar-refractivity contribution in [3.63, 3.8) is 0 Å². The Labute approximate surface area is 151 Å². The molecule has 130 valence electrons. The average Bonchev–Trinajstić information content (AvgIpc) is 2.55. The number of nitriles is 1. The highest BCUT2D eigenvalue weighted by molar-refractivity contribution is 6.31. The smallest absolute Gasteiger partial charge is 0.266 e. The molecule has 0 aliphatic carbocycles. The van der Waals surface area contributed by atoms with Crippen LogP contribution in [0.1, 0.15) is 47.3 Å².